The van der Waals surface area contributed by atoms with Crippen LogP contribution >= 0.6 is 7.82 Å². The third-order valence-corrected chi connectivity index (χ3v) is 12.6. The van der Waals surface area contributed by atoms with E-state index in [1.54, 1.807) is 0 Å². The van der Waals surface area contributed by atoms with Crippen molar-refractivity contribution in [2.45, 2.75) is 251 Å². The first kappa shape index (κ1) is 63.9. The second-order valence-electron chi connectivity index (χ2n) is 18.1. The molecule has 0 bridgehead atoms. The van der Waals surface area contributed by atoms with Gasteiger partial charge in [-0.05, 0) is 64.2 Å². The van der Waals surface area contributed by atoms with E-state index in [-0.39, 0.29) is 38.8 Å². The van der Waals surface area contributed by atoms with E-state index in [0.29, 0.717) is 6.61 Å². The Hall–Kier alpha value is -2.06. The summed E-state index contributed by atoms with van der Waals surface area (Å²) in [6.45, 7) is 4.81. The van der Waals surface area contributed by atoms with E-state index in [0.717, 1.165) is 83.5 Å². The van der Waals surface area contributed by atoms with Crippen LogP contribution in [0.3, 0.4) is 0 Å². The van der Waals surface area contributed by atoms with Gasteiger partial charge in [-0.2, -0.15) is 0 Å². The summed E-state index contributed by atoms with van der Waals surface area (Å²) in [7, 11) is -4.30. The number of nitrogens with two attached hydrogens (primary N) is 1. The highest BCUT2D eigenvalue weighted by Gasteiger charge is 2.25. The molecule has 0 aromatic rings. The Morgan fingerprint density at radius 1 is 0.470 bits per heavy atom. The fraction of sp³-hybridized carbons (Fsp3) is 0.772. The van der Waals surface area contributed by atoms with Crippen LogP contribution in [0.15, 0.2) is 72.9 Å². The lowest BCUT2D eigenvalue weighted by molar-refractivity contribution is -0.154. The van der Waals surface area contributed by atoms with E-state index in [9.17, 15) is 14.3 Å². The molecule has 8 nitrogen and oxygen atoms in total. The zero-order valence-corrected chi connectivity index (χ0v) is 43.8. The van der Waals surface area contributed by atoms with Gasteiger partial charge in [0.25, 0.3) is 0 Å². The largest absolute Gasteiger partial charge is 0.472 e. The van der Waals surface area contributed by atoms with Gasteiger partial charge in [-0.3, -0.25) is 13.8 Å². The standard InChI is InChI=1S/C57H104NO7P/c1-3-5-7-9-11-13-15-17-19-21-23-25-27-29-31-33-35-37-39-41-43-45-47-49-52-62-54-56(55-64-66(60,61)63-53-51-58)65-57(59)50-48-46-44-42-40-38-36-34-32-30-28-26-24-22-20-18-16-14-12-10-8-6-4-2/h6,8,12,14,18,20,24,26,30,32,36,38,56H,3-5,7,9-11,13,15-17,19,21-23,25,27-29,31,33-35,37,39-55,58H2,1-2H3,(H,60,61)/b8-6-,14-12-,20-18-,26-24-,32-30-,38-36-. The Morgan fingerprint density at radius 3 is 1.27 bits per heavy atom. The number of phosphoric ester groups is 1. The van der Waals surface area contributed by atoms with E-state index < -0.39 is 13.9 Å². The zero-order chi connectivity index (χ0) is 48.0. The molecule has 0 saturated carbocycles. The quantitative estimate of drug-likeness (QED) is 0.0268. The van der Waals surface area contributed by atoms with Crippen molar-refractivity contribution in [2.24, 2.45) is 5.73 Å². The predicted octanol–water partition coefficient (Wildman–Crippen LogP) is 17.4. The molecule has 0 aliphatic heterocycles. The van der Waals surface area contributed by atoms with Gasteiger partial charge in [0.15, 0.2) is 0 Å². The Kier molecular flexibility index (Phi) is 52.2. The lowest BCUT2D eigenvalue weighted by Gasteiger charge is -2.20. The van der Waals surface area contributed by atoms with Crippen molar-refractivity contribution in [3.05, 3.63) is 72.9 Å². The minimum absolute atomic E-state index is 0.0937. The second kappa shape index (κ2) is 53.9. The summed E-state index contributed by atoms with van der Waals surface area (Å²) in [6, 6.07) is 0. The number of allylic oxidation sites excluding steroid dienone is 12. The predicted molar refractivity (Wildman–Crippen MR) is 284 cm³/mol. The number of phosphoric acid groups is 1. The van der Waals surface area contributed by atoms with Crippen LogP contribution in [-0.2, 0) is 27.9 Å². The molecular formula is C57H104NO7P. The summed E-state index contributed by atoms with van der Waals surface area (Å²) in [5, 5.41) is 0. The van der Waals surface area contributed by atoms with E-state index in [4.69, 9.17) is 24.3 Å². The van der Waals surface area contributed by atoms with Crippen molar-refractivity contribution in [2.75, 3.05) is 33.0 Å². The SMILES string of the molecule is CC/C=C\C/C=C\C/C=C\C/C=C\C/C=C\C/C=C\CCCCCCC(=O)OC(COCCCCCCCCCCCCCCCCCCCCCCCCCC)COP(=O)(O)OCCN. The van der Waals surface area contributed by atoms with Crippen molar-refractivity contribution in [1.82, 2.24) is 0 Å². The molecule has 0 spiro atoms. The van der Waals surface area contributed by atoms with Crippen LogP contribution in [0.2, 0.25) is 0 Å². The average molecular weight is 946 g/mol. The fourth-order valence-electron chi connectivity index (χ4n) is 7.65. The molecule has 2 unspecified atom stereocenters. The van der Waals surface area contributed by atoms with E-state index in [2.05, 4.69) is 86.8 Å². The van der Waals surface area contributed by atoms with E-state index in [1.165, 1.54) is 141 Å². The van der Waals surface area contributed by atoms with Crippen molar-refractivity contribution in [3.63, 3.8) is 0 Å². The van der Waals surface area contributed by atoms with Crippen molar-refractivity contribution in [3.8, 4) is 0 Å². The van der Waals surface area contributed by atoms with E-state index >= 15 is 0 Å². The molecule has 9 heteroatoms. The number of unbranched alkanes of at least 4 members (excludes halogenated alkanes) is 27. The van der Waals surface area contributed by atoms with Gasteiger partial charge in [-0.1, -0.05) is 247 Å². The lowest BCUT2D eigenvalue weighted by atomic mass is 10.0. The molecular weight excluding hydrogens is 842 g/mol. The van der Waals surface area contributed by atoms with Crippen LogP contribution in [0.5, 0.6) is 0 Å². The molecule has 0 aromatic carbocycles. The Bertz CT molecular complexity index is 1250. The molecule has 0 heterocycles. The molecule has 0 aliphatic rings. The first-order valence-electron chi connectivity index (χ1n) is 27.4. The number of ether oxygens (including phenoxy) is 2. The van der Waals surface area contributed by atoms with Gasteiger partial charge in [0.05, 0.1) is 19.8 Å². The number of hydrogen-bond acceptors (Lipinski definition) is 7. The maximum atomic E-state index is 12.7. The third-order valence-electron chi connectivity index (χ3n) is 11.6. The van der Waals surface area contributed by atoms with Crippen LogP contribution in [0.1, 0.15) is 245 Å². The number of carbonyl (C=O) groups is 1. The monoisotopic (exact) mass is 946 g/mol. The molecule has 0 aromatic heterocycles. The van der Waals surface area contributed by atoms with Gasteiger partial charge in [0.1, 0.15) is 6.10 Å². The highest BCUT2D eigenvalue weighted by molar-refractivity contribution is 7.47. The molecule has 384 valence electrons. The van der Waals surface area contributed by atoms with Crippen LogP contribution in [0.25, 0.3) is 0 Å². The molecule has 2 atom stereocenters. The minimum Gasteiger partial charge on any atom is -0.457 e. The van der Waals surface area contributed by atoms with Gasteiger partial charge < -0.3 is 20.1 Å². The Morgan fingerprint density at radius 2 is 0.848 bits per heavy atom. The highest BCUT2D eigenvalue weighted by Crippen LogP contribution is 2.43. The highest BCUT2D eigenvalue weighted by atomic mass is 31.2. The summed E-state index contributed by atoms with van der Waals surface area (Å²) < 4.78 is 33.6. The second-order valence-corrected chi connectivity index (χ2v) is 19.5. The van der Waals surface area contributed by atoms with Crippen LogP contribution in [0, 0.1) is 0 Å². The number of esters is 1. The summed E-state index contributed by atoms with van der Waals surface area (Å²) in [5.41, 5.74) is 5.40. The number of rotatable bonds is 52. The summed E-state index contributed by atoms with van der Waals surface area (Å²) in [5.74, 6) is -0.352. The van der Waals surface area contributed by atoms with Gasteiger partial charge in [0.2, 0.25) is 0 Å². The Balaban J connectivity index is 3.96. The van der Waals surface area contributed by atoms with Gasteiger partial charge >= 0.3 is 13.8 Å². The maximum Gasteiger partial charge on any atom is 0.472 e. The molecule has 0 saturated heterocycles. The lowest BCUT2D eigenvalue weighted by Crippen LogP contribution is -2.28. The molecule has 0 fully saturated rings. The van der Waals surface area contributed by atoms with Gasteiger partial charge in [0, 0.05) is 19.6 Å². The van der Waals surface area contributed by atoms with Crippen LogP contribution < -0.4 is 5.73 Å². The first-order valence-corrected chi connectivity index (χ1v) is 28.9. The van der Waals surface area contributed by atoms with Gasteiger partial charge in [-0.25, -0.2) is 4.57 Å². The summed E-state index contributed by atoms with van der Waals surface area (Å²) >= 11 is 0. The Labute approximate surface area is 407 Å². The average Bonchev–Trinajstić information content (AvgIpc) is 3.31. The van der Waals surface area contributed by atoms with Crippen LogP contribution in [-0.4, -0.2) is 49.9 Å². The molecule has 0 rings (SSSR count). The zero-order valence-electron chi connectivity index (χ0n) is 42.9. The fourth-order valence-corrected chi connectivity index (χ4v) is 8.41. The third kappa shape index (κ3) is 52.9. The molecule has 0 aliphatic carbocycles. The smallest absolute Gasteiger partial charge is 0.457 e. The van der Waals surface area contributed by atoms with Crippen molar-refractivity contribution < 1.29 is 32.8 Å². The summed E-state index contributed by atoms with van der Waals surface area (Å²) in [4.78, 5) is 22.6. The van der Waals surface area contributed by atoms with Crippen molar-refractivity contribution >= 4 is 13.8 Å². The van der Waals surface area contributed by atoms with Gasteiger partial charge in [-0.15, -0.1) is 0 Å². The van der Waals surface area contributed by atoms with Crippen molar-refractivity contribution in [1.29, 1.82) is 0 Å². The topological polar surface area (TPSA) is 117 Å². The molecule has 0 amide bonds. The summed E-state index contributed by atoms with van der Waals surface area (Å²) in [6.07, 6.45) is 69.5. The molecule has 66 heavy (non-hydrogen) atoms. The maximum absolute atomic E-state index is 12.7. The normalized spacial score (nSPS) is 13.8. The molecule has 0 radical (unpaired) electrons. The number of carbonyl (C=O) groups excluding carboxylic acids is 1. The number of hydrogen-bond donors (Lipinski definition) is 2. The van der Waals surface area contributed by atoms with E-state index in [1.807, 2.05) is 0 Å². The minimum atomic E-state index is -4.30. The van der Waals surface area contributed by atoms with Crippen LogP contribution in [0.4, 0.5) is 0 Å². The molecule has 3 N–H and O–H groups in total. The first-order chi connectivity index (χ1) is 32.4.